The SMILES string of the molecule is CCOc1ccccc1C(O)C1CC(C)CC(C)C1. The molecule has 0 amide bonds. The van der Waals surface area contributed by atoms with E-state index in [-0.39, 0.29) is 0 Å². The normalized spacial score (nSPS) is 28.9. The first-order valence-corrected chi connectivity index (χ1v) is 7.51. The van der Waals surface area contributed by atoms with Crippen LogP contribution < -0.4 is 4.74 Å². The predicted molar refractivity (Wildman–Crippen MR) is 78.2 cm³/mol. The molecule has 3 unspecified atom stereocenters. The fraction of sp³-hybridized carbons (Fsp3) is 0.647. The lowest BCUT2D eigenvalue weighted by molar-refractivity contribution is 0.0530. The molecule has 0 saturated heterocycles. The van der Waals surface area contributed by atoms with Crippen LogP contribution in [-0.2, 0) is 0 Å². The van der Waals surface area contributed by atoms with Crippen LogP contribution in [0.15, 0.2) is 24.3 Å². The Kier molecular flexibility index (Phi) is 4.87. The van der Waals surface area contributed by atoms with Crippen molar-refractivity contribution in [1.29, 1.82) is 0 Å². The van der Waals surface area contributed by atoms with Gasteiger partial charge in [0.25, 0.3) is 0 Å². The summed E-state index contributed by atoms with van der Waals surface area (Å²) in [6, 6.07) is 7.90. The summed E-state index contributed by atoms with van der Waals surface area (Å²) < 4.78 is 5.64. The van der Waals surface area contributed by atoms with Gasteiger partial charge in [-0.1, -0.05) is 32.0 Å². The molecule has 1 aromatic rings. The molecule has 0 bridgehead atoms. The highest BCUT2D eigenvalue weighted by atomic mass is 16.5. The van der Waals surface area contributed by atoms with Crippen molar-refractivity contribution < 1.29 is 9.84 Å². The molecule has 2 heteroatoms. The van der Waals surface area contributed by atoms with Crippen LogP contribution in [0, 0.1) is 17.8 Å². The topological polar surface area (TPSA) is 29.5 Å². The maximum atomic E-state index is 10.7. The number of benzene rings is 1. The van der Waals surface area contributed by atoms with Gasteiger partial charge in [0.15, 0.2) is 0 Å². The third-order valence-electron chi connectivity index (χ3n) is 4.20. The van der Waals surface area contributed by atoms with Gasteiger partial charge in [-0.2, -0.15) is 0 Å². The first-order valence-electron chi connectivity index (χ1n) is 7.51. The van der Waals surface area contributed by atoms with Crippen molar-refractivity contribution in [3.63, 3.8) is 0 Å². The zero-order chi connectivity index (χ0) is 13.8. The van der Waals surface area contributed by atoms with E-state index >= 15 is 0 Å². The third kappa shape index (κ3) is 3.50. The molecule has 0 radical (unpaired) electrons. The number of hydrogen-bond acceptors (Lipinski definition) is 2. The molecule has 1 N–H and O–H groups in total. The van der Waals surface area contributed by atoms with Gasteiger partial charge >= 0.3 is 0 Å². The largest absolute Gasteiger partial charge is 0.493 e. The molecule has 2 nitrogen and oxygen atoms in total. The number of para-hydroxylation sites is 1. The van der Waals surface area contributed by atoms with Gasteiger partial charge in [-0.05, 0) is 50.0 Å². The first-order chi connectivity index (χ1) is 9.11. The minimum Gasteiger partial charge on any atom is -0.493 e. The van der Waals surface area contributed by atoms with Crippen LogP contribution in [0.1, 0.15) is 51.7 Å². The zero-order valence-electron chi connectivity index (χ0n) is 12.3. The fourth-order valence-electron chi connectivity index (χ4n) is 3.53. The predicted octanol–water partition coefficient (Wildman–Crippen LogP) is 4.19. The Balaban J connectivity index is 2.16. The molecular formula is C17H26O2. The van der Waals surface area contributed by atoms with Gasteiger partial charge < -0.3 is 9.84 Å². The van der Waals surface area contributed by atoms with E-state index in [0.717, 1.165) is 24.2 Å². The Labute approximate surface area is 116 Å². The zero-order valence-corrected chi connectivity index (χ0v) is 12.3. The van der Waals surface area contributed by atoms with E-state index in [4.69, 9.17) is 4.74 Å². The second-order valence-corrected chi connectivity index (χ2v) is 6.09. The van der Waals surface area contributed by atoms with E-state index < -0.39 is 6.10 Å². The van der Waals surface area contributed by atoms with Gasteiger partial charge in [0.2, 0.25) is 0 Å². The van der Waals surface area contributed by atoms with E-state index in [2.05, 4.69) is 13.8 Å². The summed E-state index contributed by atoms with van der Waals surface area (Å²) in [6.07, 6.45) is 3.13. The Hall–Kier alpha value is -1.02. The highest BCUT2D eigenvalue weighted by molar-refractivity contribution is 5.35. The monoisotopic (exact) mass is 262 g/mol. The summed E-state index contributed by atoms with van der Waals surface area (Å²) in [5.74, 6) is 2.62. The average molecular weight is 262 g/mol. The standard InChI is InChI=1S/C17H26O2/c1-4-19-16-8-6-5-7-15(16)17(18)14-10-12(2)9-13(3)11-14/h5-8,12-14,17-18H,4,9-11H2,1-3H3. The number of aliphatic hydroxyl groups is 1. The summed E-state index contributed by atoms with van der Waals surface area (Å²) in [5, 5.41) is 10.7. The molecule has 3 atom stereocenters. The molecule has 0 heterocycles. The van der Waals surface area contributed by atoms with Gasteiger partial charge in [-0.3, -0.25) is 0 Å². The van der Waals surface area contributed by atoms with Crippen molar-refractivity contribution in [3.05, 3.63) is 29.8 Å². The first kappa shape index (κ1) is 14.4. The summed E-state index contributed by atoms with van der Waals surface area (Å²) in [5.41, 5.74) is 0.954. The molecule has 19 heavy (non-hydrogen) atoms. The van der Waals surface area contributed by atoms with Crippen molar-refractivity contribution in [3.8, 4) is 5.75 Å². The Morgan fingerprint density at radius 3 is 2.42 bits per heavy atom. The second-order valence-electron chi connectivity index (χ2n) is 6.09. The molecule has 106 valence electrons. The Morgan fingerprint density at radius 2 is 1.79 bits per heavy atom. The molecule has 1 aromatic carbocycles. The van der Waals surface area contributed by atoms with E-state index in [1.54, 1.807) is 0 Å². The number of aliphatic hydroxyl groups excluding tert-OH is 1. The van der Waals surface area contributed by atoms with Crippen molar-refractivity contribution in [2.45, 2.75) is 46.1 Å². The van der Waals surface area contributed by atoms with Crippen LogP contribution in [-0.4, -0.2) is 11.7 Å². The third-order valence-corrected chi connectivity index (χ3v) is 4.20. The van der Waals surface area contributed by atoms with Crippen LogP contribution in [0.4, 0.5) is 0 Å². The van der Waals surface area contributed by atoms with Crippen molar-refractivity contribution in [2.75, 3.05) is 6.61 Å². The van der Waals surface area contributed by atoms with Crippen LogP contribution in [0.25, 0.3) is 0 Å². The van der Waals surface area contributed by atoms with Crippen molar-refractivity contribution in [2.24, 2.45) is 17.8 Å². The molecule has 0 aromatic heterocycles. The average Bonchev–Trinajstić information content (AvgIpc) is 2.38. The second kappa shape index (κ2) is 6.42. The summed E-state index contributed by atoms with van der Waals surface area (Å²) in [7, 11) is 0. The Morgan fingerprint density at radius 1 is 1.16 bits per heavy atom. The molecular weight excluding hydrogens is 236 g/mol. The summed E-state index contributed by atoms with van der Waals surface area (Å²) >= 11 is 0. The van der Waals surface area contributed by atoms with E-state index in [9.17, 15) is 5.11 Å². The Bertz CT molecular complexity index is 392. The number of rotatable bonds is 4. The van der Waals surface area contributed by atoms with Crippen molar-refractivity contribution >= 4 is 0 Å². The summed E-state index contributed by atoms with van der Waals surface area (Å²) in [4.78, 5) is 0. The molecule has 0 aliphatic heterocycles. The lowest BCUT2D eigenvalue weighted by Gasteiger charge is -2.34. The van der Waals surface area contributed by atoms with Crippen LogP contribution in [0.2, 0.25) is 0 Å². The molecule has 1 fully saturated rings. The van der Waals surface area contributed by atoms with Gasteiger partial charge in [0, 0.05) is 5.56 Å². The lowest BCUT2D eigenvalue weighted by atomic mass is 9.73. The van der Waals surface area contributed by atoms with E-state index in [1.165, 1.54) is 6.42 Å². The minimum absolute atomic E-state index is 0.361. The number of ether oxygens (including phenoxy) is 1. The van der Waals surface area contributed by atoms with Crippen LogP contribution >= 0.6 is 0 Å². The maximum absolute atomic E-state index is 10.7. The van der Waals surface area contributed by atoms with Gasteiger partial charge in [-0.25, -0.2) is 0 Å². The fourth-order valence-corrected chi connectivity index (χ4v) is 3.53. The van der Waals surface area contributed by atoms with Gasteiger partial charge in [-0.15, -0.1) is 0 Å². The lowest BCUT2D eigenvalue weighted by Crippen LogP contribution is -2.25. The van der Waals surface area contributed by atoms with Crippen LogP contribution in [0.3, 0.4) is 0 Å². The summed E-state index contributed by atoms with van der Waals surface area (Å²) in [6.45, 7) is 7.21. The highest BCUT2D eigenvalue weighted by Gasteiger charge is 2.31. The minimum atomic E-state index is -0.395. The van der Waals surface area contributed by atoms with E-state index in [0.29, 0.717) is 24.4 Å². The molecule has 0 spiro atoms. The molecule has 1 aliphatic rings. The van der Waals surface area contributed by atoms with Crippen LogP contribution in [0.5, 0.6) is 5.75 Å². The number of hydrogen-bond donors (Lipinski definition) is 1. The van der Waals surface area contributed by atoms with Gasteiger partial charge in [0.1, 0.15) is 5.75 Å². The molecule has 1 aliphatic carbocycles. The molecule has 2 rings (SSSR count). The molecule has 1 saturated carbocycles. The van der Waals surface area contributed by atoms with Gasteiger partial charge in [0.05, 0.1) is 12.7 Å². The quantitative estimate of drug-likeness (QED) is 0.881. The van der Waals surface area contributed by atoms with Crippen molar-refractivity contribution in [1.82, 2.24) is 0 Å². The van der Waals surface area contributed by atoms with E-state index in [1.807, 2.05) is 31.2 Å². The maximum Gasteiger partial charge on any atom is 0.125 e. The smallest absolute Gasteiger partial charge is 0.125 e. The highest BCUT2D eigenvalue weighted by Crippen LogP contribution is 2.41.